The van der Waals surface area contributed by atoms with Gasteiger partial charge in [0.15, 0.2) is 5.82 Å². The molecule has 0 fully saturated rings. The van der Waals surface area contributed by atoms with Crippen LogP contribution in [0, 0.1) is 5.82 Å². The van der Waals surface area contributed by atoms with Gasteiger partial charge in [-0.05, 0) is 30.2 Å². The van der Waals surface area contributed by atoms with Gasteiger partial charge in [-0.1, -0.05) is 32.0 Å². The lowest BCUT2D eigenvalue weighted by Gasteiger charge is -2.11. The number of pyridine rings is 1. The zero-order chi connectivity index (χ0) is 20.4. The Kier molecular flexibility index (Phi) is 4.90. The number of para-hydroxylation sites is 1. The Morgan fingerprint density at radius 3 is 2.59 bits per heavy atom. The zero-order valence-electron chi connectivity index (χ0n) is 16.0. The van der Waals surface area contributed by atoms with Crippen molar-refractivity contribution in [2.75, 3.05) is 5.32 Å². The average Bonchev–Trinajstić information content (AvgIpc) is 3.36. The molecule has 8 heteroatoms. The topological polar surface area (TPSA) is 77.6 Å². The molecule has 0 unspecified atom stereocenters. The van der Waals surface area contributed by atoms with Crippen molar-refractivity contribution < 1.29 is 9.18 Å². The largest absolute Gasteiger partial charge is 0.319 e. The maximum atomic E-state index is 14.0. The quantitative estimate of drug-likeness (QED) is 0.559. The van der Waals surface area contributed by atoms with E-state index in [1.54, 1.807) is 35.3 Å². The fraction of sp³-hybridized carbons (Fsp3) is 0.143. The highest BCUT2D eigenvalue weighted by atomic mass is 19.1. The normalized spacial score (nSPS) is 11.0. The summed E-state index contributed by atoms with van der Waals surface area (Å²) in [7, 11) is 0. The summed E-state index contributed by atoms with van der Waals surface area (Å²) in [5.74, 6) is -0.0276. The van der Waals surface area contributed by atoms with Crippen molar-refractivity contribution in [1.82, 2.24) is 24.5 Å². The minimum Gasteiger partial charge on any atom is -0.319 e. The van der Waals surface area contributed by atoms with E-state index in [-0.39, 0.29) is 11.8 Å². The minimum absolute atomic E-state index is 0.0430. The number of benzene rings is 1. The highest BCUT2D eigenvalue weighted by Gasteiger charge is 2.22. The van der Waals surface area contributed by atoms with E-state index < -0.39 is 5.82 Å². The standard InChI is InChI=1S/C21H19FN6O/c1-14(2)20-16(12-25-28(20)19-9-5-6-10-23-19)21(29)26-15-11-24-27(13-15)18-8-4-3-7-17(18)22/h3-14H,1-2H3,(H,26,29). The van der Waals surface area contributed by atoms with Gasteiger partial charge in [-0.25, -0.2) is 18.7 Å². The van der Waals surface area contributed by atoms with Crippen LogP contribution in [0.3, 0.4) is 0 Å². The number of aromatic nitrogens is 5. The lowest BCUT2D eigenvalue weighted by molar-refractivity contribution is 0.102. The fourth-order valence-electron chi connectivity index (χ4n) is 3.11. The van der Waals surface area contributed by atoms with Gasteiger partial charge in [0.05, 0.1) is 35.5 Å². The van der Waals surface area contributed by atoms with Gasteiger partial charge in [-0.2, -0.15) is 10.2 Å². The van der Waals surface area contributed by atoms with E-state index in [9.17, 15) is 9.18 Å². The Morgan fingerprint density at radius 2 is 1.86 bits per heavy atom. The first-order valence-corrected chi connectivity index (χ1v) is 9.15. The number of carbonyl (C=O) groups excluding carboxylic acids is 1. The van der Waals surface area contributed by atoms with E-state index in [2.05, 4.69) is 20.5 Å². The summed E-state index contributed by atoms with van der Waals surface area (Å²) < 4.78 is 17.0. The molecule has 3 heterocycles. The van der Waals surface area contributed by atoms with Crippen LogP contribution < -0.4 is 5.32 Å². The number of hydrogen-bond donors (Lipinski definition) is 1. The first-order chi connectivity index (χ1) is 14.0. The summed E-state index contributed by atoms with van der Waals surface area (Å²) in [5.41, 5.74) is 1.96. The summed E-state index contributed by atoms with van der Waals surface area (Å²) in [6.45, 7) is 3.98. The molecule has 0 radical (unpaired) electrons. The van der Waals surface area contributed by atoms with E-state index in [4.69, 9.17) is 0 Å². The molecule has 0 aliphatic rings. The molecule has 0 bridgehead atoms. The number of rotatable bonds is 5. The first kappa shape index (κ1) is 18.5. The number of hydrogen-bond acceptors (Lipinski definition) is 4. The molecule has 4 rings (SSSR count). The first-order valence-electron chi connectivity index (χ1n) is 9.15. The van der Waals surface area contributed by atoms with E-state index in [1.165, 1.54) is 23.1 Å². The van der Waals surface area contributed by atoms with Crippen LogP contribution in [-0.4, -0.2) is 30.5 Å². The van der Waals surface area contributed by atoms with Gasteiger partial charge in [0.1, 0.15) is 11.5 Å². The second-order valence-electron chi connectivity index (χ2n) is 6.78. The van der Waals surface area contributed by atoms with E-state index in [1.807, 2.05) is 32.0 Å². The Bertz CT molecular complexity index is 1150. The summed E-state index contributed by atoms with van der Waals surface area (Å²) in [4.78, 5) is 17.2. The number of carbonyl (C=O) groups is 1. The highest BCUT2D eigenvalue weighted by Crippen LogP contribution is 2.23. The SMILES string of the molecule is CC(C)c1c(C(=O)Nc2cnn(-c3ccccc3F)c2)cnn1-c1ccccn1. The highest BCUT2D eigenvalue weighted by molar-refractivity contribution is 6.05. The van der Waals surface area contributed by atoms with Crippen molar-refractivity contribution in [3.63, 3.8) is 0 Å². The Morgan fingerprint density at radius 1 is 1.07 bits per heavy atom. The third-order valence-corrected chi connectivity index (χ3v) is 4.40. The van der Waals surface area contributed by atoms with Crippen molar-refractivity contribution in [2.24, 2.45) is 0 Å². The van der Waals surface area contributed by atoms with Gasteiger partial charge in [-0.15, -0.1) is 0 Å². The van der Waals surface area contributed by atoms with Gasteiger partial charge in [0.25, 0.3) is 5.91 Å². The van der Waals surface area contributed by atoms with Crippen LogP contribution >= 0.6 is 0 Å². The van der Waals surface area contributed by atoms with Crippen LogP contribution in [0.5, 0.6) is 0 Å². The van der Waals surface area contributed by atoms with Crippen LogP contribution in [0.4, 0.5) is 10.1 Å². The van der Waals surface area contributed by atoms with E-state index in [0.29, 0.717) is 22.8 Å². The summed E-state index contributed by atoms with van der Waals surface area (Å²) in [6.07, 6.45) is 6.25. The molecule has 0 spiro atoms. The van der Waals surface area contributed by atoms with E-state index >= 15 is 0 Å². The molecular weight excluding hydrogens is 371 g/mol. The summed E-state index contributed by atoms with van der Waals surface area (Å²) >= 11 is 0. The fourth-order valence-corrected chi connectivity index (χ4v) is 3.11. The molecule has 0 saturated carbocycles. The molecule has 3 aromatic heterocycles. The van der Waals surface area contributed by atoms with Crippen molar-refractivity contribution in [1.29, 1.82) is 0 Å². The van der Waals surface area contributed by atoms with Crippen molar-refractivity contribution in [3.05, 3.63) is 84.3 Å². The molecule has 1 amide bonds. The number of nitrogens with zero attached hydrogens (tertiary/aromatic N) is 5. The van der Waals surface area contributed by atoms with Crippen molar-refractivity contribution in [3.8, 4) is 11.5 Å². The lowest BCUT2D eigenvalue weighted by atomic mass is 10.1. The smallest absolute Gasteiger partial charge is 0.259 e. The van der Waals surface area contributed by atoms with Crippen LogP contribution in [0.2, 0.25) is 0 Å². The van der Waals surface area contributed by atoms with Crippen molar-refractivity contribution in [2.45, 2.75) is 19.8 Å². The van der Waals surface area contributed by atoms with Gasteiger partial charge >= 0.3 is 0 Å². The van der Waals surface area contributed by atoms with Gasteiger partial charge in [-0.3, -0.25) is 4.79 Å². The molecule has 146 valence electrons. The summed E-state index contributed by atoms with van der Waals surface area (Å²) in [6, 6.07) is 11.8. The molecule has 0 saturated heterocycles. The van der Waals surface area contributed by atoms with Crippen LogP contribution in [0.15, 0.2) is 67.3 Å². The van der Waals surface area contributed by atoms with Crippen LogP contribution in [-0.2, 0) is 0 Å². The van der Waals surface area contributed by atoms with Gasteiger partial charge < -0.3 is 5.32 Å². The van der Waals surface area contributed by atoms with Gasteiger partial charge in [0.2, 0.25) is 0 Å². The maximum Gasteiger partial charge on any atom is 0.259 e. The maximum absolute atomic E-state index is 14.0. The zero-order valence-corrected chi connectivity index (χ0v) is 16.0. The summed E-state index contributed by atoms with van der Waals surface area (Å²) in [5, 5.41) is 11.3. The third-order valence-electron chi connectivity index (χ3n) is 4.40. The molecule has 1 aromatic carbocycles. The minimum atomic E-state index is -0.396. The number of halogens is 1. The Hall–Kier alpha value is -3.81. The van der Waals surface area contributed by atoms with Gasteiger partial charge in [0, 0.05) is 6.20 Å². The Labute approximate surface area is 166 Å². The molecule has 7 nitrogen and oxygen atoms in total. The average molecular weight is 390 g/mol. The lowest BCUT2D eigenvalue weighted by Crippen LogP contribution is -2.15. The second-order valence-corrected chi connectivity index (χ2v) is 6.78. The number of anilines is 1. The Balaban J connectivity index is 1.61. The van der Waals surface area contributed by atoms with Crippen molar-refractivity contribution >= 4 is 11.6 Å². The molecule has 0 aliphatic carbocycles. The third kappa shape index (κ3) is 3.64. The molecule has 29 heavy (non-hydrogen) atoms. The molecule has 1 N–H and O–H groups in total. The predicted molar refractivity (Wildman–Crippen MR) is 107 cm³/mol. The second kappa shape index (κ2) is 7.67. The van der Waals surface area contributed by atoms with E-state index in [0.717, 1.165) is 5.69 Å². The molecule has 0 atom stereocenters. The number of amides is 1. The molecule has 0 aliphatic heterocycles. The van der Waals surface area contributed by atoms with Crippen LogP contribution in [0.25, 0.3) is 11.5 Å². The predicted octanol–water partition coefficient (Wildman–Crippen LogP) is 3.97. The monoisotopic (exact) mass is 390 g/mol. The number of nitrogens with one attached hydrogen (secondary N) is 1. The molecular formula is C21H19FN6O. The molecule has 4 aromatic rings. The van der Waals surface area contributed by atoms with Crippen LogP contribution in [0.1, 0.15) is 35.8 Å².